The number of benzene rings is 1. The molecule has 18 heavy (non-hydrogen) atoms. The number of hydrogen-bond donors (Lipinski definition) is 3. The largest absolute Gasteiger partial charge is 0.358 e. The minimum Gasteiger partial charge on any atom is -0.358 e. The molecule has 0 bridgehead atoms. The average molecular weight is 245 g/mol. The number of aryl methyl sites for hydroxylation is 1. The summed E-state index contributed by atoms with van der Waals surface area (Å²) in [5.74, 6) is 0.526. The number of nitrogens with one attached hydrogen (secondary N) is 2. The molecule has 2 unspecified atom stereocenters. The Labute approximate surface area is 109 Å². The lowest BCUT2D eigenvalue weighted by Crippen LogP contribution is -2.25. The zero-order valence-electron chi connectivity index (χ0n) is 11.5. The molecule has 4 N–H and O–H groups in total. The van der Waals surface area contributed by atoms with Gasteiger partial charge in [-0.05, 0) is 44.5 Å². The van der Waals surface area contributed by atoms with Crippen molar-refractivity contribution in [2.75, 3.05) is 13.6 Å². The molecule has 0 spiro atoms. The number of aromatic amines is 1. The highest BCUT2D eigenvalue weighted by atomic mass is 14.9. The Hall–Kier alpha value is -1.32. The normalized spacial score (nSPS) is 14.9. The number of para-hydroxylation sites is 1. The predicted molar refractivity (Wildman–Crippen MR) is 77.7 cm³/mol. The highest BCUT2D eigenvalue weighted by Gasteiger charge is 2.22. The number of aromatic nitrogens is 1. The van der Waals surface area contributed by atoms with E-state index in [-0.39, 0.29) is 0 Å². The summed E-state index contributed by atoms with van der Waals surface area (Å²) >= 11 is 0. The molecular formula is C15H23N3. The summed E-state index contributed by atoms with van der Waals surface area (Å²) < 4.78 is 0. The van der Waals surface area contributed by atoms with Gasteiger partial charge >= 0.3 is 0 Å². The van der Waals surface area contributed by atoms with Gasteiger partial charge in [0.1, 0.15) is 0 Å². The topological polar surface area (TPSA) is 53.8 Å². The van der Waals surface area contributed by atoms with Crippen LogP contribution < -0.4 is 11.1 Å². The van der Waals surface area contributed by atoms with E-state index in [9.17, 15) is 0 Å². The molecule has 0 radical (unpaired) electrons. The molecule has 2 atom stereocenters. The third kappa shape index (κ3) is 2.28. The van der Waals surface area contributed by atoms with Crippen LogP contribution in [-0.2, 0) is 0 Å². The highest BCUT2D eigenvalue weighted by Crippen LogP contribution is 2.32. The van der Waals surface area contributed by atoms with Crippen molar-refractivity contribution in [3.63, 3.8) is 0 Å². The van der Waals surface area contributed by atoms with E-state index in [0.717, 1.165) is 13.0 Å². The first-order valence-corrected chi connectivity index (χ1v) is 6.63. The van der Waals surface area contributed by atoms with E-state index >= 15 is 0 Å². The molecule has 0 saturated carbocycles. The van der Waals surface area contributed by atoms with Gasteiger partial charge in [-0.1, -0.05) is 25.1 Å². The van der Waals surface area contributed by atoms with Gasteiger partial charge in [0.2, 0.25) is 0 Å². The second-order valence-electron chi connectivity index (χ2n) is 5.03. The Morgan fingerprint density at radius 2 is 2.06 bits per heavy atom. The summed E-state index contributed by atoms with van der Waals surface area (Å²) in [6.07, 6.45) is 1.03. The second-order valence-corrected chi connectivity index (χ2v) is 5.03. The van der Waals surface area contributed by atoms with Crippen molar-refractivity contribution in [2.24, 2.45) is 11.7 Å². The van der Waals surface area contributed by atoms with Crippen LogP contribution >= 0.6 is 0 Å². The first kappa shape index (κ1) is 13.1. The monoisotopic (exact) mass is 245 g/mol. The third-order valence-corrected chi connectivity index (χ3v) is 3.76. The van der Waals surface area contributed by atoms with Crippen LogP contribution in [0.2, 0.25) is 0 Å². The molecule has 0 aliphatic rings. The zero-order valence-corrected chi connectivity index (χ0v) is 11.5. The van der Waals surface area contributed by atoms with Crippen LogP contribution in [0.15, 0.2) is 24.3 Å². The summed E-state index contributed by atoms with van der Waals surface area (Å²) in [6, 6.07) is 8.84. The van der Waals surface area contributed by atoms with Crippen LogP contribution in [0.25, 0.3) is 10.9 Å². The molecule has 0 aliphatic heterocycles. The van der Waals surface area contributed by atoms with E-state index in [1.54, 1.807) is 0 Å². The van der Waals surface area contributed by atoms with Crippen LogP contribution in [0, 0.1) is 12.8 Å². The molecule has 0 amide bonds. The van der Waals surface area contributed by atoms with Crippen LogP contribution in [-0.4, -0.2) is 18.6 Å². The Morgan fingerprint density at radius 3 is 2.72 bits per heavy atom. The maximum Gasteiger partial charge on any atom is 0.0459 e. The molecule has 3 nitrogen and oxygen atoms in total. The van der Waals surface area contributed by atoms with Gasteiger partial charge in [-0.15, -0.1) is 0 Å². The van der Waals surface area contributed by atoms with Crippen molar-refractivity contribution in [1.82, 2.24) is 10.3 Å². The van der Waals surface area contributed by atoms with Gasteiger partial charge in [0.25, 0.3) is 0 Å². The fraction of sp³-hybridized carbons (Fsp3) is 0.467. The molecule has 0 aliphatic carbocycles. The molecule has 2 aromatic rings. The Balaban J connectivity index is 2.47. The average Bonchev–Trinajstić information content (AvgIpc) is 2.68. The third-order valence-electron chi connectivity index (χ3n) is 3.76. The quantitative estimate of drug-likeness (QED) is 0.758. The molecule has 0 fully saturated rings. The number of hydrogen-bond acceptors (Lipinski definition) is 2. The first-order valence-electron chi connectivity index (χ1n) is 6.63. The van der Waals surface area contributed by atoms with E-state index in [2.05, 4.69) is 48.4 Å². The molecular weight excluding hydrogens is 222 g/mol. The van der Waals surface area contributed by atoms with Crippen molar-refractivity contribution < 1.29 is 0 Å². The van der Waals surface area contributed by atoms with Crippen LogP contribution in [0.3, 0.4) is 0 Å². The van der Waals surface area contributed by atoms with Gasteiger partial charge < -0.3 is 16.0 Å². The Bertz CT molecular complexity index is 515. The second kappa shape index (κ2) is 5.55. The van der Waals surface area contributed by atoms with E-state index in [1.807, 2.05) is 7.05 Å². The Morgan fingerprint density at radius 1 is 1.33 bits per heavy atom. The summed E-state index contributed by atoms with van der Waals surface area (Å²) in [7, 11) is 2.03. The van der Waals surface area contributed by atoms with E-state index in [4.69, 9.17) is 5.73 Å². The lowest BCUT2D eigenvalue weighted by atomic mass is 9.90. The first-order chi connectivity index (χ1) is 8.69. The summed E-state index contributed by atoms with van der Waals surface area (Å²) in [5, 5.41) is 4.76. The maximum atomic E-state index is 5.69. The molecule has 1 aromatic carbocycles. The van der Waals surface area contributed by atoms with Crippen LogP contribution in [0.5, 0.6) is 0 Å². The van der Waals surface area contributed by atoms with Gasteiger partial charge in [-0.25, -0.2) is 0 Å². The Kier molecular flexibility index (Phi) is 4.04. The molecule has 2 rings (SSSR count). The van der Waals surface area contributed by atoms with E-state index in [0.29, 0.717) is 12.0 Å². The molecule has 1 heterocycles. The fourth-order valence-electron chi connectivity index (χ4n) is 2.84. The number of nitrogens with two attached hydrogens (primary N) is 1. The van der Waals surface area contributed by atoms with Crippen molar-refractivity contribution in [1.29, 1.82) is 0 Å². The van der Waals surface area contributed by atoms with E-state index in [1.165, 1.54) is 22.2 Å². The van der Waals surface area contributed by atoms with Crippen molar-refractivity contribution >= 4 is 10.9 Å². The molecule has 98 valence electrons. The van der Waals surface area contributed by atoms with Gasteiger partial charge in [0, 0.05) is 22.6 Å². The van der Waals surface area contributed by atoms with Gasteiger partial charge in [-0.3, -0.25) is 0 Å². The van der Waals surface area contributed by atoms with E-state index < -0.39 is 0 Å². The standard InChI is InChI=1S/C15H23N3/c1-10(8-9-16)15(17-3)14-11(2)18-13-7-5-4-6-12(13)14/h4-7,10,15,17-18H,8-9,16H2,1-3H3. The minimum atomic E-state index is 0.352. The zero-order chi connectivity index (χ0) is 13.1. The van der Waals surface area contributed by atoms with Crippen molar-refractivity contribution in [3.8, 4) is 0 Å². The smallest absolute Gasteiger partial charge is 0.0459 e. The van der Waals surface area contributed by atoms with Crippen LogP contribution in [0.1, 0.15) is 30.6 Å². The minimum absolute atomic E-state index is 0.352. The molecule has 0 saturated heterocycles. The maximum absolute atomic E-state index is 5.69. The van der Waals surface area contributed by atoms with Crippen molar-refractivity contribution in [2.45, 2.75) is 26.3 Å². The number of H-pyrrole nitrogens is 1. The predicted octanol–water partition coefficient (Wildman–Crippen LogP) is 2.72. The van der Waals surface area contributed by atoms with Crippen LogP contribution in [0.4, 0.5) is 0 Å². The lowest BCUT2D eigenvalue weighted by Gasteiger charge is -2.24. The summed E-state index contributed by atoms with van der Waals surface area (Å²) in [4.78, 5) is 3.47. The number of fused-ring (bicyclic) bond motifs is 1. The van der Waals surface area contributed by atoms with Gasteiger partial charge in [0.15, 0.2) is 0 Å². The van der Waals surface area contributed by atoms with Gasteiger partial charge in [-0.2, -0.15) is 0 Å². The SMILES string of the molecule is CNC(c1c(C)[nH]c2ccccc12)C(C)CCN. The fourth-order valence-corrected chi connectivity index (χ4v) is 2.84. The highest BCUT2D eigenvalue weighted by molar-refractivity contribution is 5.85. The molecule has 1 aromatic heterocycles. The summed E-state index contributed by atoms with van der Waals surface area (Å²) in [5.41, 5.74) is 9.54. The van der Waals surface area contributed by atoms with Gasteiger partial charge in [0.05, 0.1) is 0 Å². The summed E-state index contributed by atoms with van der Waals surface area (Å²) in [6.45, 7) is 5.14. The van der Waals surface area contributed by atoms with Crippen molar-refractivity contribution in [3.05, 3.63) is 35.5 Å². The molecule has 3 heteroatoms. The number of rotatable bonds is 5. The lowest BCUT2D eigenvalue weighted by molar-refractivity contribution is 0.392.